The lowest BCUT2D eigenvalue weighted by Crippen LogP contribution is -2.37. The van der Waals surface area contributed by atoms with E-state index in [0.29, 0.717) is 12.8 Å². The first-order chi connectivity index (χ1) is 13.0. The lowest BCUT2D eigenvalue weighted by atomic mass is 10.0. The van der Waals surface area contributed by atoms with Gasteiger partial charge in [-0.1, -0.05) is 29.8 Å². The van der Waals surface area contributed by atoms with E-state index in [2.05, 4.69) is 4.90 Å². The van der Waals surface area contributed by atoms with Crippen LogP contribution in [0.2, 0.25) is 0 Å². The molecule has 1 N–H and O–H groups in total. The SMILES string of the molecule is Cc1cccc(CCC(=O)C2=C(O)C(CCCN3CCOCC3)OC2=O)c1. The van der Waals surface area contributed by atoms with E-state index in [1.54, 1.807) is 0 Å². The monoisotopic (exact) mass is 373 g/mol. The summed E-state index contributed by atoms with van der Waals surface area (Å²) in [5.41, 5.74) is 2.00. The summed E-state index contributed by atoms with van der Waals surface area (Å²) in [6.07, 6.45) is 1.32. The number of cyclic esters (lactones) is 1. The average molecular weight is 373 g/mol. The maximum Gasteiger partial charge on any atom is 0.346 e. The molecule has 1 atom stereocenters. The van der Waals surface area contributed by atoms with E-state index in [4.69, 9.17) is 9.47 Å². The summed E-state index contributed by atoms with van der Waals surface area (Å²) in [6.45, 7) is 6.13. The van der Waals surface area contributed by atoms with Crippen LogP contribution in [0.3, 0.4) is 0 Å². The minimum Gasteiger partial charge on any atom is -0.507 e. The lowest BCUT2D eigenvalue weighted by Gasteiger charge is -2.26. The molecule has 27 heavy (non-hydrogen) atoms. The summed E-state index contributed by atoms with van der Waals surface area (Å²) in [5, 5.41) is 10.3. The van der Waals surface area contributed by atoms with Crippen LogP contribution in [0, 0.1) is 6.92 Å². The number of rotatable bonds is 8. The first-order valence-corrected chi connectivity index (χ1v) is 9.57. The summed E-state index contributed by atoms with van der Waals surface area (Å²) >= 11 is 0. The summed E-state index contributed by atoms with van der Waals surface area (Å²) in [7, 11) is 0. The largest absolute Gasteiger partial charge is 0.507 e. The first-order valence-electron chi connectivity index (χ1n) is 9.57. The van der Waals surface area contributed by atoms with Gasteiger partial charge in [0.05, 0.1) is 13.2 Å². The third kappa shape index (κ3) is 5.17. The summed E-state index contributed by atoms with van der Waals surface area (Å²) in [4.78, 5) is 26.8. The molecule has 0 bridgehead atoms. The minimum absolute atomic E-state index is 0.168. The van der Waals surface area contributed by atoms with Crippen LogP contribution in [0.5, 0.6) is 0 Å². The molecule has 2 aliphatic heterocycles. The van der Waals surface area contributed by atoms with Crippen LogP contribution in [0.4, 0.5) is 0 Å². The standard InChI is InChI=1S/C21H27NO5/c1-15-4-2-5-16(14-15)7-8-17(23)19-20(24)18(27-21(19)25)6-3-9-22-10-12-26-13-11-22/h2,4-5,14,18,24H,3,6-13H2,1H3. The molecule has 3 rings (SSSR count). The zero-order valence-corrected chi connectivity index (χ0v) is 15.8. The molecule has 1 aromatic carbocycles. The van der Waals surface area contributed by atoms with Crippen molar-refractivity contribution in [1.82, 2.24) is 4.90 Å². The molecule has 0 amide bonds. The molecule has 146 valence electrons. The van der Waals surface area contributed by atoms with Crippen LogP contribution >= 0.6 is 0 Å². The smallest absolute Gasteiger partial charge is 0.346 e. The highest BCUT2D eigenvalue weighted by molar-refractivity contribution is 6.19. The molecule has 1 aromatic rings. The number of carbonyl (C=O) groups is 2. The number of morpholine rings is 1. The van der Waals surface area contributed by atoms with Crippen LogP contribution in [-0.4, -0.2) is 60.7 Å². The van der Waals surface area contributed by atoms with E-state index in [1.165, 1.54) is 0 Å². The number of carbonyl (C=O) groups excluding carboxylic acids is 2. The van der Waals surface area contributed by atoms with Crippen molar-refractivity contribution < 1.29 is 24.2 Å². The van der Waals surface area contributed by atoms with Crippen molar-refractivity contribution in [3.8, 4) is 0 Å². The van der Waals surface area contributed by atoms with E-state index in [9.17, 15) is 14.7 Å². The number of nitrogens with zero attached hydrogens (tertiary/aromatic N) is 1. The molecule has 0 aliphatic carbocycles. The molecule has 2 aliphatic rings. The van der Waals surface area contributed by atoms with Gasteiger partial charge in [0.15, 0.2) is 17.6 Å². The van der Waals surface area contributed by atoms with Crippen molar-refractivity contribution in [3.63, 3.8) is 0 Å². The van der Waals surface area contributed by atoms with Gasteiger partial charge in [-0.2, -0.15) is 0 Å². The molecule has 1 fully saturated rings. The second-order valence-corrected chi connectivity index (χ2v) is 7.16. The van der Waals surface area contributed by atoms with Crippen molar-refractivity contribution in [1.29, 1.82) is 0 Å². The molecule has 1 saturated heterocycles. The number of aliphatic hydroxyl groups excluding tert-OH is 1. The van der Waals surface area contributed by atoms with Crippen molar-refractivity contribution in [3.05, 3.63) is 46.7 Å². The Kier molecular flexibility index (Phi) is 6.63. The Balaban J connectivity index is 1.52. The van der Waals surface area contributed by atoms with E-state index in [-0.39, 0.29) is 23.5 Å². The molecule has 6 nitrogen and oxygen atoms in total. The maximum atomic E-state index is 12.5. The Hall–Kier alpha value is -2.18. The third-order valence-corrected chi connectivity index (χ3v) is 5.06. The topological polar surface area (TPSA) is 76.1 Å². The van der Waals surface area contributed by atoms with Crippen LogP contribution in [0.1, 0.15) is 30.4 Å². The second kappa shape index (κ2) is 9.15. The van der Waals surface area contributed by atoms with Crippen molar-refractivity contribution >= 4 is 11.8 Å². The summed E-state index contributed by atoms with van der Waals surface area (Å²) in [5.74, 6) is -1.25. The second-order valence-electron chi connectivity index (χ2n) is 7.16. The number of esters is 1. The number of aliphatic hydroxyl groups is 1. The van der Waals surface area contributed by atoms with Gasteiger partial charge in [-0.3, -0.25) is 9.69 Å². The molecule has 0 saturated carbocycles. The Bertz CT molecular complexity index is 721. The number of ketones is 1. The Morgan fingerprint density at radius 3 is 2.81 bits per heavy atom. The van der Waals surface area contributed by atoms with Gasteiger partial charge in [0, 0.05) is 19.5 Å². The lowest BCUT2D eigenvalue weighted by molar-refractivity contribution is -0.141. The molecule has 1 unspecified atom stereocenters. The van der Waals surface area contributed by atoms with Crippen molar-refractivity contribution in [2.24, 2.45) is 0 Å². The zero-order valence-electron chi connectivity index (χ0n) is 15.8. The van der Waals surface area contributed by atoms with E-state index in [0.717, 1.165) is 50.4 Å². The van der Waals surface area contributed by atoms with E-state index < -0.39 is 12.1 Å². The summed E-state index contributed by atoms with van der Waals surface area (Å²) in [6, 6.07) is 7.91. The van der Waals surface area contributed by atoms with Crippen LogP contribution < -0.4 is 0 Å². The van der Waals surface area contributed by atoms with Gasteiger partial charge in [0.2, 0.25) is 0 Å². The average Bonchev–Trinajstić information content (AvgIpc) is 2.94. The predicted molar refractivity (Wildman–Crippen MR) is 101 cm³/mol. The van der Waals surface area contributed by atoms with Gasteiger partial charge in [-0.05, 0) is 38.3 Å². The minimum atomic E-state index is -0.698. The van der Waals surface area contributed by atoms with Gasteiger partial charge in [0.25, 0.3) is 0 Å². The Labute approximate surface area is 159 Å². The number of Topliss-reactive ketones (excluding diaryl/α,β-unsaturated/α-hetero) is 1. The Morgan fingerprint density at radius 1 is 1.30 bits per heavy atom. The highest BCUT2D eigenvalue weighted by Gasteiger charge is 2.37. The van der Waals surface area contributed by atoms with Crippen molar-refractivity contribution in [2.75, 3.05) is 32.8 Å². The fourth-order valence-corrected chi connectivity index (χ4v) is 3.54. The first kappa shape index (κ1) is 19.6. The van der Waals surface area contributed by atoms with Crippen molar-refractivity contribution in [2.45, 2.75) is 38.7 Å². The predicted octanol–water partition coefficient (Wildman–Crippen LogP) is 2.35. The fraction of sp³-hybridized carbons (Fsp3) is 0.524. The quantitative estimate of drug-likeness (QED) is 0.557. The third-order valence-electron chi connectivity index (χ3n) is 5.06. The number of hydrogen-bond acceptors (Lipinski definition) is 6. The number of hydrogen-bond donors (Lipinski definition) is 1. The van der Waals surface area contributed by atoms with Gasteiger partial charge >= 0.3 is 5.97 Å². The highest BCUT2D eigenvalue weighted by atomic mass is 16.6. The molecule has 0 aromatic heterocycles. The molecular weight excluding hydrogens is 346 g/mol. The number of ether oxygens (including phenoxy) is 2. The molecule has 6 heteroatoms. The van der Waals surface area contributed by atoms with Crippen LogP contribution in [0.15, 0.2) is 35.6 Å². The van der Waals surface area contributed by atoms with Gasteiger partial charge in [0.1, 0.15) is 5.57 Å². The van der Waals surface area contributed by atoms with Crippen LogP contribution in [0.25, 0.3) is 0 Å². The molecule has 0 spiro atoms. The van der Waals surface area contributed by atoms with Gasteiger partial charge < -0.3 is 14.6 Å². The molecular formula is C21H27NO5. The fourth-order valence-electron chi connectivity index (χ4n) is 3.54. The van der Waals surface area contributed by atoms with E-state index in [1.807, 2.05) is 31.2 Å². The maximum absolute atomic E-state index is 12.5. The highest BCUT2D eigenvalue weighted by Crippen LogP contribution is 2.26. The number of benzene rings is 1. The molecule has 0 radical (unpaired) electrons. The zero-order chi connectivity index (χ0) is 19.2. The Morgan fingerprint density at radius 2 is 2.07 bits per heavy atom. The van der Waals surface area contributed by atoms with E-state index >= 15 is 0 Å². The normalized spacial score (nSPS) is 20.8. The molecule has 2 heterocycles. The summed E-state index contributed by atoms with van der Waals surface area (Å²) < 4.78 is 10.6. The van der Waals surface area contributed by atoms with Crippen LogP contribution in [-0.2, 0) is 25.5 Å². The number of aryl methyl sites for hydroxylation is 2. The van der Waals surface area contributed by atoms with Gasteiger partial charge in [-0.25, -0.2) is 4.79 Å². The van der Waals surface area contributed by atoms with Gasteiger partial charge in [-0.15, -0.1) is 0 Å².